The van der Waals surface area contributed by atoms with Crippen LogP contribution in [0.3, 0.4) is 0 Å². The summed E-state index contributed by atoms with van der Waals surface area (Å²) in [5, 5.41) is 10.3. The SMILES string of the molecule is Cc1cc(Cl)ccc1COc1cccc(C2=CCN(Cc3nc4[nH]c(C(=O)O)c(C)c4n3CC3CCO3)CC2)n1. The van der Waals surface area contributed by atoms with Crippen LogP contribution in [0.25, 0.3) is 16.7 Å². The predicted octanol–water partition coefficient (Wildman–Crippen LogP) is 5.39. The Morgan fingerprint density at radius 1 is 1.25 bits per heavy atom. The van der Waals surface area contributed by atoms with Crippen LogP contribution in [0.4, 0.5) is 0 Å². The highest BCUT2D eigenvalue weighted by Crippen LogP contribution is 2.28. The minimum absolute atomic E-state index is 0.135. The Morgan fingerprint density at radius 2 is 2.10 bits per heavy atom. The van der Waals surface area contributed by atoms with Crippen molar-refractivity contribution in [2.24, 2.45) is 0 Å². The molecule has 2 aliphatic rings. The van der Waals surface area contributed by atoms with Crippen LogP contribution in [0, 0.1) is 13.8 Å². The minimum atomic E-state index is -0.972. The Hall–Kier alpha value is -3.66. The molecule has 5 heterocycles. The fraction of sp³-hybridized carbons (Fsp3) is 0.367. The number of halogens is 1. The van der Waals surface area contributed by atoms with Crippen LogP contribution >= 0.6 is 11.6 Å². The molecule has 2 aliphatic heterocycles. The van der Waals surface area contributed by atoms with Crippen LogP contribution in [0.2, 0.25) is 5.02 Å². The molecule has 1 fully saturated rings. The number of carboxylic acids is 1. The number of carbonyl (C=O) groups is 1. The zero-order valence-corrected chi connectivity index (χ0v) is 23.4. The smallest absolute Gasteiger partial charge is 0.352 e. The first-order chi connectivity index (χ1) is 19.4. The molecule has 0 saturated carbocycles. The lowest BCUT2D eigenvalue weighted by molar-refractivity contribution is -0.0592. The second kappa shape index (κ2) is 11.1. The summed E-state index contributed by atoms with van der Waals surface area (Å²) < 4.78 is 13.8. The highest BCUT2D eigenvalue weighted by Gasteiger charge is 2.27. The molecule has 9 nitrogen and oxygen atoms in total. The van der Waals surface area contributed by atoms with Crippen molar-refractivity contribution in [3.63, 3.8) is 0 Å². The lowest BCUT2D eigenvalue weighted by Crippen LogP contribution is -2.33. The average molecular weight is 562 g/mol. The number of aryl methyl sites for hydroxylation is 2. The van der Waals surface area contributed by atoms with Crippen LogP contribution < -0.4 is 4.74 Å². The van der Waals surface area contributed by atoms with Gasteiger partial charge >= 0.3 is 5.97 Å². The fourth-order valence-electron chi connectivity index (χ4n) is 5.39. The molecule has 40 heavy (non-hydrogen) atoms. The van der Waals surface area contributed by atoms with Gasteiger partial charge in [0.2, 0.25) is 5.88 Å². The zero-order chi connectivity index (χ0) is 27.8. The lowest BCUT2D eigenvalue weighted by Gasteiger charge is -2.29. The normalized spacial score (nSPS) is 17.6. The van der Waals surface area contributed by atoms with Gasteiger partial charge in [-0.05, 0) is 61.6 Å². The van der Waals surface area contributed by atoms with Crippen LogP contribution in [-0.4, -0.2) is 61.3 Å². The maximum absolute atomic E-state index is 11.7. The van der Waals surface area contributed by atoms with Crippen LogP contribution in [-0.2, 0) is 24.4 Å². The van der Waals surface area contributed by atoms with Crippen LogP contribution in [0.15, 0.2) is 42.5 Å². The van der Waals surface area contributed by atoms with Gasteiger partial charge in [0.1, 0.15) is 18.1 Å². The third-order valence-corrected chi connectivity index (χ3v) is 8.04. The Morgan fingerprint density at radius 3 is 2.80 bits per heavy atom. The number of imidazole rings is 1. The van der Waals surface area contributed by atoms with Crippen molar-refractivity contribution >= 4 is 34.3 Å². The lowest BCUT2D eigenvalue weighted by atomic mass is 10.0. The van der Waals surface area contributed by atoms with Crippen molar-refractivity contribution in [3.8, 4) is 5.88 Å². The number of carboxylic acid groups (broad SMARTS) is 1. The van der Waals surface area contributed by atoms with Crippen molar-refractivity contribution in [2.45, 2.75) is 52.5 Å². The molecule has 1 atom stereocenters. The van der Waals surface area contributed by atoms with Crippen molar-refractivity contribution in [1.29, 1.82) is 0 Å². The third kappa shape index (κ3) is 5.37. The molecule has 10 heteroatoms. The molecule has 4 aromatic rings. The highest BCUT2D eigenvalue weighted by molar-refractivity contribution is 6.30. The van der Waals surface area contributed by atoms with E-state index in [1.54, 1.807) is 0 Å². The molecule has 208 valence electrons. The topological polar surface area (TPSA) is 106 Å². The standard InChI is InChI=1S/C30H32ClN5O4/c1-18-14-22(31)7-6-21(18)17-40-26-5-3-4-24(32-26)20-8-11-35(12-9-20)16-25-33-29-28(19(2)27(34-29)30(37)38)36(25)15-23-10-13-39-23/h3-8,14,23,34H,9-13,15-17H2,1-2H3,(H,37,38). The molecular formula is C30H32ClN5O4. The molecule has 0 radical (unpaired) electrons. The number of ether oxygens (including phenoxy) is 2. The van der Waals surface area contributed by atoms with Gasteiger partial charge in [-0.25, -0.2) is 14.8 Å². The second-order valence-electron chi connectivity index (χ2n) is 10.5. The highest BCUT2D eigenvalue weighted by atomic mass is 35.5. The van der Waals surface area contributed by atoms with E-state index in [1.165, 1.54) is 5.57 Å². The van der Waals surface area contributed by atoms with E-state index in [0.29, 0.717) is 36.8 Å². The maximum atomic E-state index is 11.7. The number of benzene rings is 1. The van der Waals surface area contributed by atoms with Gasteiger partial charge in [0.25, 0.3) is 0 Å². The Labute approximate surface area is 237 Å². The van der Waals surface area contributed by atoms with Gasteiger partial charge in [-0.1, -0.05) is 29.8 Å². The van der Waals surface area contributed by atoms with E-state index in [1.807, 2.05) is 50.2 Å². The monoisotopic (exact) mass is 561 g/mol. The molecular weight excluding hydrogens is 530 g/mol. The van der Waals surface area contributed by atoms with Crippen molar-refractivity contribution in [3.05, 3.63) is 81.4 Å². The van der Waals surface area contributed by atoms with E-state index in [9.17, 15) is 9.90 Å². The van der Waals surface area contributed by atoms with Gasteiger partial charge < -0.3 is 24.1 Å². The number of nitrogens with one attached hydrogen (secondary N) is 1. The number of hydrogen-bond donors (Lipinski definition) is 2. The number of pyridine rings is 1. The summed E-state index contributed by atoms with van der Waals surface area (Å²) >= 11 is 6.07. The maximum Gasteiger partial charge on any atom is 0.352 e. The molecule has 0 aliphatic carbocycles. The van der Waals surface area contributed by atoms with Gasteiger partial charge in [0.15, 0.2) is 5.65 Å². The summed E-state index contributed by atoms with van der Waals surface area (Å²) in [5.74, 6) is 0.543. The van der Waals surface area contributed by atoms with E-state index in [2.05, 4.69) is 20.5 Å². The third-order valence-electron chi connectivity index (χ3n) is 7.80. The molecule has 1 aromatic carbocycles. The largest absolute Gasteiger partial charge is 0.477 e. The van der Waals surface area contributed by atoms with Crippen molar-refractivity contribution in [1.82, 2.24) is 24.4 Å². The number of H-pyrrole nitrogens is 1. The summed E-state index contributed by atoms with van der Waals surface area (Å²) in [6.07, 6.45) is 4.22. The van der Waals surface area contributed by atoms with Gasteiger partial charge in [0, 0.05) is 36.3 Å². The van der Waals surface area contributed by atoms with E-state index < -0.39 is 5.97 Å². The minimum Gasteiger partial charge on any atom is -0.477 e. The number of fused-ring (bicyclic) bond motifs is 1. The molecule has 3 aromatic heterocycles. The molecule has 0 spiro atoms. The Balaban J connectivity index is 1.15. The number of aromatic nitrogens is 4. The van der Waals surface area contributed by atoms with Crippen LogP contribution in [0.1, 0.15) is 51.5 Å². The summed E-state index contributed by atoms with van der Waals surface area (Å²) in [6, 6.07) is 11.7. The molecule has 2 N–H and O–H groups in total. The number of aromatic carboxylic acids is 1. The Kier molecular flexibility index (Phi) is 7.35. The Bertz CT molecular complexity index is 1600. The summed E-state index contributed by atoms with van der Waals surface area (Å²) in [7, 11) is 0. The first-order valence-corrected chi connectivity index (χ1v) is 13.9. The molecule has 0 bridgehead atoms. The van der Waals surface area contributed by atoms with E-state index in [4.69, 9.17) is 31.0 Å². The number of aromatic amines is 1. The van der Waals surface area contributed by atoms with Gasteiger partial charge in [-0.3, -0.25) is 4.90 Å². The summed E-state index contributed by atoms with van der Waals surface area (Å²) in [6.45, 7) is 8.04. The van der Waals surface area contributed by atoms with E-state index in [-0.39, 0.29) is 11.8 Å². The van der Waals surface area contributed by atoms with Gasteiger partial charge in [-0.2, -0.15) is 0 Å². The van der Waals surface area contributed by atoms with Crippen molar-refractivity contribution < 1.29 is 19.4 Å². The summed E-state index contributed by atoms with van der Waals surface area (Å²) in [5.41, 5.74) is 6.67. The van der Waals surface area contributed by atoms with Crippen LogP contribution in [0.5, 0.6) is 5.88 Å². The number of hydrogen-bond acceptors (Lipinski definition) is 6. The average Bonchev–Trinajstić information content (AvgIpc) is 3.42. The molecule has 0 amide bonds. The number of nitrogens with zero attached hydrogens (tertiary/aromatic N) is 4. The number of rotatable bonds is 9. The van der Waals surface area contributed by atoms with Crippen molar-refractivity contribution in [2.75, 3.05) is 19.7 Å². The van der Waals surface area contributed by atoms with Gasteiger partial charge in [0.05, 0.1) is 30.4 Å². The zero-order valence-electron chi connectivity index (χ0n) is 22.6. The van der Waals surface area contributed by atoms with E-state index in [0.717, 1.165) is 65.7 Å². The molecule has 6 rings (SSSR count). The van der Waals surface area contributed by atoms with Gasteiger partial charge in [-0.15, -0.1) is 0 Å². The first-order valence-electron chi connectivity index (χ1n) is 13.5. The molecule has 1 saturated heterocycles. The first kappa shape index (κ1) is 26.6. The van der Waals surface area contributed by atoms with E-state index >= 15 is 0 Å². The predicted molar refractivity (Wildman–Crippen MR) is 153 cm³/mol. The molecule has 1 unspecified atom stereocenters. The fourth-order valence-corrected chi connectivity index (χ4v) is 5.62. The quantitative estimate of drug-likeness (QED) is 0.282. The summed E-state index contributed by atoms with van der Waals surface area (Å²) in [4.78, 5) is 26.6. The second-order valence-corrected chi connectivity index (χ2v) is 10.9.